The number of carbonyl (C=O) groups is 1. The molecule has 2 bridgehead atoms. The van der Waals surface area contributed by atoms with Gasteiger partial charge in [-0.3, -0.25) is 4.79 Å². The van der Waals surface area contributed by atoms with Crippen LogP contribution < -0.4 is 5.32 Å². The lowest BCUT2D eigenvalue weighted by atomic mass is 9.98. The van der Waals surface area contributed by atoms with E-state index in [0.717, 1.165) is 0 Å². The Balaban J connectivity index is 2.10. The standard InChI is InChI=1S/C8H13NO5/c1-3(10)9-5-6(11)4-2-13-8(14-4)7(5)12/h4-8,11-12H,2H2,1H3,(H,9,10)/t4-,5-,6+,7+,8-/m1/s1. The van der Waals surface area contributed by atoms with Gasteiger partial charge in [-0.2, -0.15) is 0 Å². The number of hydrogen-bond donors (Lipinski definition) is 3. The number of ether oxygens (including phenoxy) is 2. The van der Waals surface area contributed by atoms with Crippen LogP contribution in [0.5, 0.6) is 0 Å². The molecule has 0 saturated carbocycles. The van der Waals surface area contributed by atoms with Crippen LogP contribution in [0.1, 0.15) is 6.92 Å². The lowest BCUT2D eigenvalue weighted by Gasteiger charge is -2.35. The zero-order valence-electron chi connectivity index (χ0n) is 7.71. The summed E-state index contributed by atoms with van der Waals surface area (Å²) in [5, 5.41) is 21.8. The van der Waals surface area contributed by atoms with Crippen molar-refractivity contribution < 1.29 is 24.5 Å². The van der Waals surface area contributed by atoms with Gasteiger partial charge in [0, 0.05) is 6.92 Å². The van der Waals surface area contributed by atoms with E-state index in [1.165, 1.54) is 6.92 Å². The lowest BCUT2D eigenvalue weighted by molar-refractivity contribution is -0.195. The van der Waals surface area contributed by atoms with E-state index in [4.69, 9.17) is 9.47 Å². The Kier molecular flexibility index (Phi) is 2.44. The van der Waals surface area contributed by atoms with Crippen LogP contribution in [0.4, 0.5) is 0 Å². The molecule has 2 heterocycles. The van der Waals surface area contributed by atoms with E-state index in [-0.39, 0.29) is 12.5 Å². The zero-order valence-corrected chi connectivity index (χ0v) is 7.71. The number of carbonyl (C=O) groups excluding carboxylic acids is 1. The summed E-state index contributed by atoms with van der Waals surface area (Å²) in [4.78, 5) is 10.8. The summed E-state index contributed by atoms with van der Waals surface area (Å²) in [6, 6.07) is -0.709. The molecule has 3 N–H and O–H groups in total. The second-order valence-electron chi connectivity index (χ2n) is 3.58. The number of hydrogen-bond acceptors (Lipinski definition) is 5. The van der Waals surface area contributed by atoms with E-state index in [9.17, 15) is 15.0 Å². The van der Waals surface area contributed by atoms with Crippen LogP contribution in [-0.2, 0) is 14.3 Å². The van der Waals surface area contributed by atoms with Crippen LogP contribution in [0.15, 0.2) is 0 Å². The molecule has 14 heavy (non-hydrogen) atoms. The molecule has 2 rings (SSSR count). The predicted octanol–water partition coefficient (Wildman–Crippen LogP) is -2.03. The Labute approximate surface area is 80.8 Å². The van der Waals surface area contributed by atoms with Crippen LogP contribution >= 0.6 is 0 Å². The minimum atomic E-state index is -1.02. The molecule has 1 amide bonds. The maximum atomic E-state index is 10.8. The van der Waals surface area contributed by atoms with Gasteiger partial charge in [0.1, 0.15) is 18.3 Å². The van der Waals surface area contributed by atoms with Crippen molar-refractivity contribution in [3.63, 3.8) is 0 Å². The Morgan fingerprint density at radius 2 is 2.14 bits per heavy atom. The third-order valence-corrected chi connectivity index (χ3v) is 2.50. The second kappa shape index (κ2) is 3.47. The van der Waals surface area contributed by atoms with E-state index in [1.54, 1.807) is 0 Å². The van der Waals surface area contributed by atoms with Gasteiger partial charge in [-0.15, -0.1) is 0 Å². The summed E-state index contributed by atoms with van der Waals surface area (Å²) in [6.45, 7) is 1.58. The maximum Gasteiger partial charge on any atom is 0.217 e. The van der Waals surface area contributed by atoms with Crippen LogP contribution in [0, 0.1) is 0 Å². The monoisotopic (exact) mass is 203 g/mol. The molecular weight excluding hydrogens is 190 g/mol. The van der Waals surface area contributed by atoms with Crippen molar-refractivity contribution in [2.75, 3.05) is 6.61 Å². The molecule has 2 saturated heterocycles. The molecule has 2 fully saturated rings. The fourth-order valence-electron chi connectivity index (χ4n) is 1.81. The molecule has 0 aromatic heterocycles. The molecule has 0 spiro atoms. The third-order valence-electron chi connectivity index (χ3n) is 2.50. The normalized spacial score (nSPS) is 46.4. The smallest absolute Gasteiger partial charge is 0.217 e. The number of aliphatic hydroxyl groups is 2. The van der Waals surface area contributed by atoms with Gasteiger partial charge in [-0.1, -0.05) is 0 Å². The van der Waals surface area contributed by atoms with E-state index in [0.29, 0.717) is 0 Å². The van der Waals surface area contributed by atoms with Crippen molar-refractivity contribution in [1.82, 2.24) is 5.32 Å². The molecule has 0 aromatic rings. The highest BCUT2D eigenvalue weighted by molar-refractivity contribution is 5.73. The van der Waals surface area contributed by atoms with Crippen LogP contribution in [0.3, 0.4) is 0 Å². The highest BCUT2D eigenvalue weighted by Crippen LogP contribution is 2.27. The van der Waals surface area contributed by atoms with Crippen molar-refractivity contribution in [1.29, 1.82) is 0 Å². The first-order valence-electron chi connectivity index (χ1n) is 4.50. The van der Waals surface area contributed by atoms with Gasteiger partial charge in [0.15, 0.2) is 6.29 Å². The fraction of sp³-hybridized carbons (Fsp3) is 0.875. The Bertz CT molecular complexity index is 230. The molecule has 6 nitrogen and oxygen atoms in total. The van der Waals surface area contributed by atoms with E-state index in [2.05, 4.69) is 5.32 Å². The van der Waals surface area contributed by atoms with Gasteiger partial charge in [0.25, 0.3) is 0 Å². The van der Waals surface area contributed by atoms with Crippen molar-refractivity contribution in [3.8, 4) is 0 Å². The van der Waals surface area contributed by atoms with Crippen LogP contribution in [0.2, 0.25) is 0 Å². The summed E-state index contributed by atoms with van der Waals surface area (Å²) in [7, 11) is 0. The van der Waals surface area contributed by atoms with Crippen molar-refractivity contribution in [2.45, 2.75) is 37.6 Å². The summed E-state index contributed by atoms with van der Waals surface area (Å²) >= 11 is 0. The highest BCUT2D eigenvalue weighted by Gasteiger charge is 2.49. The second-order valence-corrected chi connectivity index (χ2v) is 3.58. The van der Waals surface area contributed by atoms with Crippen LogP contribution in [-0.4, -0.2) is 53.4 Å². The molecule has 2 aliphatic heterocycles. The summed E-state index contributed by atoms with van der Waals surface area (Å²) in [5.41, 5.74) is 0. The van der Waals surface area contributed by atoms with Crippen LogP contribution in [0.25, 0.3) is 0 Å². The lowest BCUT2D eigenvalue weighted by Crippen LogP contribution is -2.60. The largest absolute Gasteiger partial charge is 0.388 e. The van der Waals surface area contributed by atoms with Crippen molar-refractivity contribution >= 4 is 5.91 Å². The Morgan fingerprint density at radius 3 is 2.79 bits per heavy atom. The molecule has 0 unspecified atom stereocenters. The molecular formula is C8H13NO5. The number of fused-ring (bicyclic) bond motifs is 2. The molecule has 2 aliphatic rings. The minimum Gasteiger partial charge on any atom is -0.388 e. The number of nitrogens with one attached hydrogen (secondary N) is 1. The van der Waals surface area contributed by atoms with Gasteiger partial charge < -0.3 is 25.0 Å². The van der Waals surface area contributed by atoms with E-state index < -0.39 is 30.6 Å². The minimum absolute atomic E-state index is 0.249. The SMILES string of the molecule is CC(=O)N[C@H]1[C@H](O)[C@@H]2OC[C@@H](O2)[C@@H]1O. The Hall–Kier alpha value is -0.690. The number of aliphatic hydroxyl groups excluding tert-OH is 2. The first kappa shape index (κ1) is 9.85. The van der Waals surface area contributed by atoms with E-state index >= 15 is 0 Å². The van der Waals surface area contributed by atoms with Gasteiger partial charge in [-0.25, -0.2) is 0 Å². The van der Waals surface area contributed by atoms with Gasteiger partial charge in [-0.05, 0) is 0 Å². The topological polar surface area (TPSA) is 88.0 Å². The molecule has 5 atom stereocenters. The molecule has 0 aliphatic carbocycles. The van der Waals surface area contributed by atoms with E-state index in [1.807, 2.05) is 0 Å². The average Bonchev–Trinajstić information content (AvgIpc) is 2.55. The zero-order chi connectivity index (χ0) is 10.3. The molecule has 0 radical (unpaired) electrons. The third kappa shape index (κ3) is 1.50. The number of rotatable bonds is 1. The maximum absolute atomic E-state index is 10.8. The fourth-order valence-corrected chi connectivity index (χ4v) is 1.81. The van der Waals surface area contributed by atoms with Gasteiger partial charge >= 0.3 is 0 Å². The van der Waals surface area contributed by atoms with Crippen molar-refractivity contribution in [2.24, 2.45) is 0 Å². The summed E-state index contributed by atoms with van der Waals surface area (Å²) in [5.74, 6) is -0.297. The summed E-state index contributed by atoms with van der Waals surface area (Å²) in [6.07, 6.45) is -3.14. The molecule has 80 valence electrons. The highest BCUT2D eigenvalue weighted by atomic mass is 16.7. The van der Waals surface area contributed by atoms with Gasteiger partial charge in [0.05, 0.1) is 12.6 Å². The Morgan fingerprint density at radius 1 is 1.43 bits per heavy atom. The molecule has 0 aromatic carbocycles. The first-order chi connectivity index (χ1) is 6.59. The van der Waals surface area contributed by atoms with Gasteiger partial charge in [0.2, 0.25) is 5.91 Å². The summed E-state index contributed by atoms with van der Waals surface area (Å²) < 4.78 is 10.2. The van der Waals surface area contributed by atoms with Crippen molar-refractivity contribution in [3.05, 3.63) is 0 Å². The number of amides is 1. The quantitative estimate of drug-likeness (QED) is 0.457. The predicted molar refractivity (Wildman–Crippen MR) is 44.2 cm³/mol. The molecule has 6 heteroatoms. The first-order valence-corrected chi connectivity index (χ1v) is 4.50. The average molecular weight is 203 g/mol.